The van der Waals surface area contributed by atoms with Crippen molar-refractivity contribution < 1.29 is 19.3 Å². The molecular formula is C16H15FN5O3. The summed E-state index contributed by atoms with van der Waals surface area (Å²) in [7, 11) is 0. The van der Waals surface area contributed by atoms with Crippen LogP contribution in [0, 0.1) is 12.1 Å². The number of nitrogens with zero attached hydrogens (tertiary/aromatic N) is 4. The van der Waals surface area contributed by atoms with Crippen LogP contribution >= 0.6 is 0 Å². The summed E-state index contributed by atoms with van der Waals surface area (Å²) in [5, 5.41) is 20.7. The number of anilines is 1. The minimum atomic E-state index is -1.23. The molecule has 0 spiro atoms. The number of nitrogen functional groups attached to an aromatic ring is 1. The lowest BCUT2D eigenvalue weighted by atomic mass is 10.0. The molecule has 25 heavy (non-hydrogen) atoms. The third kappa shape index (κ3) is 2.72. The van der Waals surface area contributed by atoms with Crippen LogP contribution in [0.15, 0.2) is 30.6 Å². The van der Waals surface area contributed by atoms with Crippen LogP contribution in [-0.4, -0.2) is 48.0 Å². The second kappa shape index (κ2) is 6.03. The van der Waals surface area contributed by atoms with Gasteiger partial charge in [0.1, 0.15) is 12.2 Å². The molecule has 0 bridgehead atoms. The minimum absolute atomic E-state index is 0.0909. The Kier molecular flexibility index (Phi) is 3.83. The van der Waals surface area contributed by atoms with Gasteiger partial charge in [0, 0.05) is 6.42 Å². The van der Waals surface area contributed by atoms with Crippen LogP contribution in [-0.2, 0) is 11.2 Å². The molecule has 1 radical (unpaired) electrons. The van der Waals surface area contributed by atoms with Gasteiger partial charge in [-0.25, -0.2) is 4.98 Å². The summed E-state index contributed by atoms with van der Waals surface area (Å²) in [5.74, 6) is -0.107. The van der Waals surface area contributed by atoms with Crippen LogP contribution in [0.1, 0.15) is 11.8 Å². The summed E-state index contributed by atoms with van der Waals surface area (Å²) in [6.45, 7) is 0. The zero-order chi connectivity index (χ0) is 17.6. The molecule has 3 aromatic rings. The van der Waals surface area contributed by atoms with E-state index >= 15 is 0 Å². The predicted molar refractivity (Wildman–Crippen MR) is 84.6 cm³/mol. The quantitative estimate of drug-likeness (QED) is 0.581. The standard InChI is InChI=1S/C16H15FN5O3/c17-16-20-13(18)10-14(21-16)22(7-19-10)15-12(24)11(23)9(25-15)6-8-4-2-1-3-5-8/h1-4,7,9,11-12,15,23-24H,6H2,(H2,18,20,21)/t9-,11-,12+,15?/m1/s1. The van der Waals surface area contributed by atoms with Gasteiger partial charge in [-0.2, -0.15) is 14.4 Å². The Morgan fingerprint density at radius 2 is 2.12 bits per heavy atom. The molecule has 4 atom stereocenters. The van der Waals surface area contributed by atoms with Gasteiger partial charge in [0.2, 0.25) is 0 Å². The van der Waals surface area contributed by atoms with E-state index in [0.717, 1.165) is 5.56 Å². The number of nitrogens with two attached hydrogens (primary N) is 1. The Morgan fingerprint density at radius 3 is 2.88 bits per heavy atom. The van der Waals surface area contributed by atoms with Crippen LogP contribution in [0.4, 0.5) is 10.2 Å². The monoisotopic (exact) mass is 344 g/mol. The first-order valence-corrected chi connectivity index (χ1v) is 7.67. The maximum absolute atomic E-state index is 13.5. The van der Waals surface area contributed by atoms with Crippen molar-refractivity contribution in [2.75, 3.05) is 5.73 Å². The first kappa shape index (κ1) is 15.9. The van der Waals surface area contributed by atoms with Crippen molar-refractivity contribution in [1.29, 1.82) is 0 Å². The van der Waals surface area contributed by atoms with Crippen molar-refractivity contribution in [2.24, 2.45) is 0 Å². The lowest BCUT2D eigenvalue weighted by Crippen LogP contribution is -2.32. The molecule has 1 saturated heterocycles. The maximum Gasteiger partial charge on any atom is 0.312 e. The third-order valence-electron chi connectivity index (χ3n) is 4.23. The number of hydrogen-bond acceptors (Lipinski definition) is 7. The van der Waals surface area contributed by atoms with E-state index in [4.69, 9.17) is 10.5 Å². The van der Waals surface area contributed by atoms with E-state index in [1.54, 1.807) is 6.07 Å². The van der Waals surface area contributed by atoms with Crippen LogP contribution in [0.3, 0.4) is 0 Å². The van der Waals surface area contributed by atoms with E-state index < -0.39 is 30.6 Å². The number of imidazole rings is 1. The highest BCUT2D eigenvalue weighted by Crippen LogP contribution is 2.33. The average molecular weight is 344 g/mol. The maximum atomic E-state index is 13.5. The molecule has 4 N–H and O–H groups in total. The number of ether oxygens (including phenoxy) is 1. The molecule has 9 heteroatoms. The molecular weight excluding hydrogens is 329 g/mol. The zero-order valence-corrected chi connectivity index (χ0v) is 13.0. The Labute approximate surface area is 141 Å². The van der Waals surface area contributed by atoms with Crippen molar-refractivity contribution in [3.05, 3.63) is 48.3 Å². The van der Waals surface area contributed by atoms with E-state index in [1.807, 2.05) is 18.2 Å². The second-order valence-corrected chi connectivity index (χ2v) is 5.84. The number of aromatic nitrogens is 4. The van der Waals surface area contributed by atoms with Gasteiger partial charge in [0.25, 0.3) is 0 Å². The van der Waals surface area contributed by atoms with E-state index in [9.17, 15) is 14.6 Å². The van der Waals surface area contributed by atoms with Crippen LogP contribution in [0.5, 0.6) is 0 Å². The van der Waals surface area contributed by atoms with E-state index in [1.165, 1.54) is 10.9 Å². The minimum Gasteiger partial charge on any atom is -0.388 e. The number of benzene rings is 1. The number of aliphatic hydroxyl groups is 2. The molecule has 8 nitrogen and oxygen atoms in total. The Hall–Kier alpha value is -2.62. The third-order valence-corrected chi connectivity index (χ3v) is 4.23. The molecule has 129 valence electrons. The number of fused-ring (bicyclic) bond motifs is 1. The predicted octanol–water partition coefficient (Wildman–Crippen LogP) is 0.210. The molecule has 3 heterocycles. The summed E-state index contributed by atoms with van der Waals surface area (Å²) in [5.41, 5.74) is 6.77. The first-order valence-electron chi connectivity index (χ1n) is 7.67. The summed E-state index contributed by atoms with van der Waals surface area (Å²) in [4.78, 5) is 11.1. The molecule has 1 unspecified atom stereocenters. The number of rotatable bonds is 3. The smallest absolute Gasteiger partial charge is 0.312 e. The fraction of sp³-hybridized carbons (Fsp3) is 0.312. The van der Waals surface area contributed by atoms with Gasteiger partial charge in [-0.1, -0.05) is 24.3 Å². The van der Waals surface area contributed by atoms with Gasteiger partial charge in [-0.3, -0.25) is 4.57 Å². The summed E-state index contributed by atoms with van der Waals surface area (Å²) in [6, 6.07) is 10.4. The van der Waals surface area contributed by atoms with E-state index in [0.29, 0.717) is 6.42 Å². The molecule has 0 saturated carbocycles. The first-order chi connectivity index (χ1) is 12.0. The normalized spacial score (nSPS) is 26.4. The van der Waals surface area contributed by atoms with Crippen LogP contribution < -0.4 is 5.73 Å². The largest absolute Gasteiger partial charge is 0.388 e. The van der Waals surface area contributed by atoms with Gasteiger partial charge >= 0.3 is 6.08 Å². The van der Waals surface area contributed by atoms with Crippen molar-refractivity contribution in [1.82, 2.24) is 19.5 Å². The Balaban J connectivity index is 1.65. The van der Waals surface area contributed by atoms with Crippen molar-refractivity contribution in [3.8, 4) is 0 Å². The van der Waals surface area contributed by atoms with E-state index in [2.05, 4.69) is 21.0 Å². The molecule has 0 aliphatic carbocycles. The lowest BCUT2D eigenvalue weighted by molar-refractivity contribution is -0.0345. The van der Waals surface area contributed by atoms with Gasteiger partial charge in [0.05, 0.1) is 12.4 Å². The Morgan fingerprint density at radius 1 is 1.28 bits per heavy atom. The highest BCUT2D eigenvalue weighted by atomic mass is 19.1. The number of aliphatic hydroxyl groups excluding tert-OH is 2. The number of halogens is 1. The van der Waals surface area contributed by atoms with Crippen molar-refractivity contribution >= 4 is 17.0 Å². The molecule has 1 fully saturated rings. The lowest BCUT2D eigenvalue weighted by Gasteiger charge is -2.16. The van der Waals surface area contributed by atoms with E-state index in [-0.39, 0.29) is 17.0 Å². The van der Waals surface area contributed by atoms with Gasteiger partial charge in [-0.05, 0) is 11.6 Å². The molecule has 1 aromatic carbocycles. The zero-order valence-electron chi connectivity index (χ0n) is 13.0. The topological polar surface area (TPSA) is 119 Å². The molecule has 0 amide bonds. The van der Waals surface area contributed by atoms with Crippen LogP contribution in [0.25, 0.3) is 11.2 Å². The van der Waals surface area contributed by atoms with Crippen molar-refractivity contribution in [2.45, 2.75) is 31.0 Å². The van der Waals surface area contributed by atoms with Crippen molar-refractivity contribution in [3.63, 3.8) is 0 Å². The molecule has 4 rings (SSSR count). The summed E-state index contributed by atoms with van der Waals surface area (Å²) < 4.78 is 20.6. The van der Waals surface area contributed by atoms with Crippen LogP contribution in [0.2, 0.25) is 0 Å². The summed E-state index contributed by atoms with van der Waals surface area (Å²) in [6.07, 6.45) is -3.29. The second-order valence-electron chi connectivity index (χ2n) is 5.84. The fourth-order valence-corrected chi connectivity index (χ4v) is 3.00. The van der Waals surface area contributed by atoms with Gasteiger partial charge in [0.15, 0.2) is 23.2 Å². The van der Waals surface area contributed by atoms with Gasteiger partial charge in [-0.15, -0.1) is 0 Å². The van der Waals surface area contributed by atoms with Gasteiger partial charge < -0.3 is 20.7 Å². The highest BCUT2D eigenvalue weighted by molar-refractivity contribution is 5.81. The molecule has 2 aromatic heterocycles. The SMILES string of the molecule is Nc1nc(F)nc2c1ncn2C1O[C@H](Cc2[c]cccc2)[C@@H](O)[C@@H]1O. The average Bonchev–Trinajstić information content (AvgIpc) is 3.12. The molecule has 1 aliphatic heterocycles. The number of hydrogen-bond donors (Lipinski definition) is 3. The Bertz CT molecular complexity index is 903. The molecule has 1 aliphatic rings. The fourth-order valence-electron chi connectivity index (χ4n) is 3.00. The highest BCUT2D eigenvalue weighted by Gasteiger charge is 2.44. The summed E-state index contributed by atoms with van der Waals surface area (Å²) >= 11 is 0.